The smallest absolute Gasteiger partial charge is 0.397 e. The Hall–Kier alpha value is -0.900. The molecule has 1 saturated heterocycles. The van der Waals surface area contributed by atoms with Crippen molar-refractivity contribution >= 4 is 16.4 Å². The molecule has 13 heteroatoms. The first-order chi connectivity index (χ1) is 26.1. The molecule has 322 valence electrons. The maximum Gasteiger partial charge on any atom is 0.397 e. The normalized spacial score (nSPS) is 21.0. The van der Waals surface area contributed by atoms with Crippen LogP contribution in [0.2, 0.25) is 0 Å². The van der Waals surface area contributed by atoms with E-state index in [9.17, 15) is 28.5 Å². The van der Waals surface area contributed by atoms with Gasteiger partial charge in [0.2, 0.25) is 0 Å². The van der Waals surface area contributed by atoms with E-state index in [1.54, 1.807) is 0 Å². The third kappa shape index (κ3) is 27.7. The van der Waals surface area contributed by atoms with E-state index in [0.717, 1.165) is 38.5 Å². The molecule has 1 rings (SSSR count). The van der Waals surface area contributed by atoms with E-state index in [2.05, 4.69) is 18.0 Å². The van der Waals surface area contributed by atoms with Crippen molar-refractivity contribution in [2.24, 2.45) is 0 Å². The Bertz CT molecular complexity index is 968. The fourth-order valence-corrected chi connectivity index (χ4v) is 7.42. The van der Waals surface area contributed by atoms with Crippen LogP contribution in [0.15, 0.2) is 0 Å². The van der Waals surface area contributed by atoms with Crippen molar-refractivity contribution in [1.29, 1.82) is 0 Å². The van der Waals surface area contributed by atoms with Crippen LogP contribution < -0.4 is 0 Å². The minimum atomic E-state index is -5.05. The largest absolute Gasteiger partial charge is 0.457 e. The van der Waals surface area contributed by atoms with Crippen LogP contribution in [0.25, 0.3) is 0 Å². The van der Waals surface area contributed by atoms with Crippen LogP contribution in [-0.4, -0.2) is 97.5 Å². The first kappa shape index (κ1) is 51.1. The monoisotopic (exact) mass is 797 g/mol. The summed E-state index contributed by atoms with van der Waals surface area (Å²) in [5.41, 5.74) is 0. The highest BCUT2D eigenvalue weighted by atomic mass is 32.3. The molecule has 6 atom stereocenters. The Morgan fingerprint density at radius 1 is 0.630 bits per heavy atom. The Morgan fingerprint density at radius 2 is 1.06 bits per heavy atom. The highest BCUT2D eigenvalue weighted by Gasteiger charge is 2.48. The van der Waals surface area contributed by atoms with Gasteiger partial charge in [-0.25, -0.2) is 4.18 Å². The predicted octanol–water partition coefficient (Wildman–Crippen LogP) is 8.52. The van der Waals surface area contributed by atoms with Crippen molar-refractivity contribution in [3.63, 3.8) is 0 Å². The second kappa shape index (κ2) is 34.2. The van der Waals surface area contributed by atoms with E-state index in [-0.39, 0.29) is 19.6 Å². The number of aliphatic hydroxyl groups excluding tert-OH is 3. The van der Waals surface area contributed by atoms with Gasteiger partial charge in [0.15, 0.2) is 6.29 Å². The average Bonchev–Trinajstić information content (AvgIpc) is 3.14. The van der Waals surface area contributed by atoms with Crippen LogP contribution in [0.4, 0.5) is 0 Å². The van der Waals surface area contributed by atoms with Crippen molar-refractivity contribution in [2.45, 2.75) is 230 Å². The zero-order valence-electron chi connectivity index (χ0n) is 34.1. The molecular weight excluding hydrogens is 717 g/mol. The fraction of sp³-hybridized carbons (Fsp3) is 0.976. The number of aliphatic hydroxyl groups is 3. The van der Waals surface area contributed by atoms with Gasteiger partial charge in [-0.3, -0.25) is 9.35 Å². The molecule has 0 aliphatic carbocycles. The molecular formula is C41H80O12S. The highest BCUT2D eigenvalue weighted by molar-refractivity contribution is 7.80. The van der Waals surface area contributed by atoms with Crippen molar-refractivity contribution in [1.82, 2.24) is 0 Å². The first-order valence-corrected chi connectivity index (χ1v) is 23.2. The van der Waals surface area contributed by atoms with E-state index in [4.69, 9.17) is 23.5 Å². The van der Waals surface area contributed by atoms with Crippen molar-refractivity contribution in [3.8, 4) is 0 Å². The van der Waals surface area contributed by atoms with Crippen LogP contribution in [0.1, 0.15) is 194 Å². The number of hydrogen-bond donors (Lipinski definition) is 4. The summed E-state index contributed by atoms with van der Waals surface area (Å²) >= 11 is 0. The summed E-state index contributed by atoms with van der Waals surface area (Å²) < 4.78 is 58.9. The maximum absolute atomic E-state index is 12.8. The van der Waals surface area contributed by atoms with Gasteiger partial charge in [-0.1, -0.05) is 174 Å². The average molecular weight is 797 g/mol. The number of esters is 1. The SMILES string of the molecule is CCCCCCCCCCCCCCCCCOCC(COC1OC(CO)C(O)C(OS(=O)(=O)O)C1O)OC(=O)CCCCCCCCCCCCCC. The zero-order chi connectivity index (χ0) is 39.7. The lowest BCUT2D eigenvalue weighted by Gasteiger charge is -2.41. The van der Waals surface area contributed by atoms with E-state index in [1.807, 2.05) is 0 Å². The van der Waals surface area contributed by atoms with Crippen molar-refractivity contribution < 1.29 is 56.2 Å². The van der Waals surface area contributed by atoms with E-state index in [0.29, 0.717) is 13.0 Å². The summed E-state index contributed by atoms with van der Waals surface area (Å²) in [6, 6.07) is 0. The molecule has 0 aromatic rings. The number of ether oxygens (including phenoxy) is 4. The second-order valence-corrected chi connectivity index (χ2v) is 16.4. The Balaban J connectivity index is 2.43. The van der Waals surface area contributed by atoms with Gasteiger partial charge >= 0.3 is 16.4 Å². The van der Waals surface area contributed by atoms with Crippen LogP contribution in [0, 0.1) is 0 Å². The van der Waals surface area contributed by atoms with E-state index >= 15 is 0 Å². The van der Waals surface area contributed by atoms with Crippen LogP contribution in [0.3, 0.4) is 0 Å². The molecule has 1 fully saturated rings. The molecule has 6 unspecified atom stereocenters. The highest BCUT2D eigenvalue weighted by Crippen LogP contribution is 2.26. The standard InChI is InChI=1S/C41H80O12S/c1-3-5-7-9-11-13-15-17-18-19-21-23-25-27-29-31-49-33-35(51-37(43)30-28-26-24-22-20-16-14-12-10-8-6-4-2)34-50-41-39(45)40(53-54(46,47)48)38(44)36(32-42)52-41/h35-36,38-42,44-45H,3-34H2,1-2H3,(H,46,47,48). The zero-order valence-corrected chi connectivity index (χ0v) is 34.9. The third-order valence-electron chi connectivity index (χ3n) is 10.2. The number of carbonyl (C=O) groups excluding carboxylic acids is 1. The Morgan fingerprint density at radius 3 is 1.48 bits per heavy atom. The van der Waals surface area contributed by atoms with Crippen LogP contribution in [-0.2, 0) is 38.3 Å². The second-order valence-electron chi connectivity index (χ2n) is 15.3. The molecule has 0 amide bonds. The summed E-state index contributed by atoms with van der Waals surface area (Å²) in [6.45, 7) is 4.01. The molecule has 0 saturated carbocycles. The number of hydrogen-bond acceptors (Lipinski definition) is 11. The Kier molecular flexibility index (Phi) is 32.3. The number of rotatable bonds is 38. The summed E-state index contributed by atoms with van der Waals surface area (Å²) in [5, 5.41) is 30.6. The van der Waals surface area contributed by atoms with Crippen LogP contribution in [0.5, 0.6) is 0 Å². The first-order valence-electron chi connectivity index (χ1n) is 21.8. The van der Waals surface area contributed by atoms with Gasteiger partial charge in [0.25, 0.3) is 0 Å². The lowest BCUT2D eigenvalue weighted by Crippen LogP contribution is -2.60. The minimum absolute atomic E-state index is 0.0443. The molecule has 0 aromatic heterocycles. The van der Waals surface area contributed by atoms with Gasteiger partial charge in [0.1, 0.15) is 30.5 Å². The quantitative estimate of drug-likeness (QED) is 0.0266. The van der Waals surface area contributed by atoms with Gasteiger partial charge in [-0.15, -0.1) is 0 Å². The molecule has 0 aromatic carbocycles. The Labute approximate surface area is 328 Å². The molecule has 0 spiro atoms. The minimum Gasteiger partial charge on any atom is -0.457 e. The molecule has 1 aliphatic heterocycles. The van der Waals surface area contributed by atoms with Gasteiger partial charge in [-0.05, 0) is 12.8 Å². The molecule has 54 heavy (non-hydrogen) atoms. The van der Waals surface area contributed by atoms with Gasteiger partial charge in [-0.2, -0.15) is 8.42 Å². The van der Waals surface area contributed by atoms with E-state index in [1.165, 1.54) is 128 Å². The van der Waals surface area contributed by atoms with Crippen molar-refractivity contribution in [3.05, 3.63) is 0 Å². The summed E-state index contributed by atoms with van der Waals surface area (Å²) in [7, 11) is -5.05. The predicted molar refractivity (Wildman–Crippen MR) is 211 cm³/mol. The number of unbranched alkanes of at least 4 members (excludes halogenated alkanes) is 25. The number of carbonyl (C=O) groups is 1. The molecule has 0 radical (unpaired) electrons. The topological polar surface area (TPSA) is 178 Å². The lowest BCUT2D eigenvalue weighted by molar-refractivity contribution is -0.301. The molecule has 1 aliphatic rings. The third-order valence-corrected chi connectivity index (χ3v) is 10.7. The van der Waals surface area contributed by atoms with Crippen LogP contribution >= 0.6 is 0 Å². The lowest BCUT2D eigenvalue weighted by atomic mass is 9.99. The fourth-order valence-electron chi connectivity index (χ4n) is 6.91. The maximum atomic E-state index is 12.8. The van der Waals surface area contributed by atoms with E-state index < -0.39 is 59.8 Å². The summed E-state index contributed by atoms with van der Waals surface area (Å²) in [5.74, 6) is -0.396. The summed E-state index contributed by atoms with van der Waals surface area (Å²) in [4.78, 5) is 12.8. The molecule has 4 N–H and O–H groups in total. The molecule has 0 bridgehead atoms. The van der Waals surface area contributed by atoms with Gasteiger partial charge in [0.05, 0.1) is 19.8 Å². The van der Waals surface area contributed by atoms with Gasteiger partial charge < -0.3 is 34.3 Å². The summed E-state index contributed by atoms with van der Waals surface area (Å²) in [6.07, 6.45) is 24.2. The molecule has 12 nitrogen and oxygen atoms in total. The molecule has 1 heterocycles. The van der Waals surface area contributed by atoms with Gasteiger partial charge in [0, 0.05) is 13.0 Å². The van der Waals surface area contributed by atoms with Crippen molar-refractivity contribution in [2.75, 3.05) is 26.4 Å².